The van der Waals surface area contributed by atoms with Crippen LogP contribution in [0.1, 0.15) is 38.3 Å². The minimum atomic E-state index is 0.250. The summed E-state index contributed by atoms with van der Waals surface area (Å²) in [5, 5.41) is 9.52. The van der Waals surface area contributed by atoms with E-state index in [2.05, 4.69) is 23.6 Å². The smallest absolute Gasteiger partial charge is 0.204 e. The number of primary amides is 1. The van der Waals surface area contributed by atoms with E-state index in [0.717, 1.165) is 31.5 Å². The van der Waals surface area contributed by atoms with Crippen LogP contribution >= 0.6 is 11.6 Å². The van der Waals surface area contributed by atoms with Gasteiger partial charge in [-0.3, -0.25) is 4.79 Å². The molecule has 0 saturated carbocycles. The quantitative estimate of drug-likeness (QED) is 0.852. The highest BCUT2D eigenvalue weighted by molar-refractivity contribution is 6.33. The number of halogens is 1. The Morgan fingerprint density at radius 2 is 2.10 bits per heavy atom. The lowest BCUT2D eigenvalue weighted by molar-refractivity contribution is -0.106. The van der Waals surface area contributed by atoms with Gasteiger partial charge in [-0.05, 0) is 30.5 Å². The van der Waals surface area contributed by atoms with Crippen LogP contribution in [-0.4, -0.2) is 19.5 Å². The fourth-order valence-corrected chi connectivity index (χ4v) is 2.40. The van der Waals surface area contributed by atoms with Gasteiger partial charge in [0.2, 0.25) is 6.41 Å². The predicted octanol–water partition coefficient (Wildman–Crippen LogP) is 3.11. The molecule has 4 nitrogen and oxygen atoms in total. The van der Waals surface area contributed by atoms with Crippen LogP contribution < -0.4 is 10.6 Å². The van der Waals surface area contributed by atoms with Crippen molar-refractivity contribution in [3.8, 4) is 6.07 Å². The van der Waals surface area contributed by atoms with Gasteiger partial charge in [-0.25, -0.2) is 0 Å². The summed E-state index contributed by atoms with van der Waals surface area (Å²) >= 11 is 6.17. The van der Waals surface area contributed by atoms with Gasteiger partial charge in [-0.2, -0.15) is 5.26 Å². The molecule has 0 radical (unpaired) electrons. The Labute approximate surface area is 126 Å². The standard InChI is InChI=1S/C12H13ClN2.C2H6.CH3NO/c1-2-6-15-7-5-10-11(15)4-3-9(8-14)12(10)13;1-2;2-1-3/h3-4H,2,5-7H2,1H3;1-2H3;1H,(H2,2,3). The Balaban J connectivity index is 0.000000641. The lowest BCUT2D eigenvalue weighted by Crippen LogP contribution is -2.20. The number of fused-ring (bicyclic) bond motifs is 1. The van der Waals surface area contributed by atoms with Gasteiger partial charge >= 0.3 is 0 Å². The second-order valence-corrected chi connectivity index (χ2v) is 4.29. The number of carbonyl (C=O) groups excluding carboxylic acids is 1. The zero-order valence-corrected chi connectivity index (χ0v) is 13.1. The molecule has 2 N–H and O–H groups in total. The average Bonchev–Trinajstić information content (AvgIpc) is 2.87. The minimum absolute atomic E-state index is 0.250. The molecule has 5 heteroatoms. The van der Waals surface area contributed by atoms with Gasteiger partial charge in [-0.15, -0.1) is 0 Å². The third-order valence-corrected chi connectivity index (χ3v) is 3.24. The van der Waals surface area contributed by atoms with Gasteiger partial charge in [0.05, 0.1) is 10.6 Å². The fourth-order valence-electron chi connectivity index (χ4n) is 2.10. The number of nitrogens with zero attached hydrogens (tertiary/aromatic N) is 2. The van der Waals surface area contributed by atoms with Crippen molar-refractivity contribution in [3.05, 3.63) is 28.3 Å². The van der Waals surface area contributed by atoms with Crippen molar-refractivity contribution < 1.29 is 4.79 Å². The molecule has 1 aliphatic heterocycles. The summed E-state index contributed by atoms with van der Waals surface area (Å²) < 4.78 is 0. The number of nitriles is 1. The van der Waals surface area contributed by atoms with Crippen molar-refractivity contribution in [2.75, 3.05) is 18.0 Å². The fraction of sp³-hybridized carbons (Fsp3) is 0.467. The number of amides is 1. The largest absolute Gasteiger partial charge is 0.372 e. The second-order valence-electron chi connectivity index (χ2n) is 3.91. The van der Waals surface area contributed by atoms with Crippen molar-refractivity contribution in [1.29, 1.82) is 5.26 Å². The Bertz CT molecular complexity index is 469. The van der Waals surface area contributed by atoms with Gasteiger partial charge in [0.15, 0.2) is 0 Å². The van der Waals surface area contributed by atoms with Crippen molar-refractivity contribution in [2.45, 2.75) is 33.6 Å². The first-order valence-electron chi connectivity index (χ1n) is 6.81. The summed E-state index contributed by atoms with van der Waals surface area (Å²) in [5.41, 5.74) is 7.11. The number of benzene rings is 1. The van der Waals surface area contributed by atoms with Crippen molar-refractivity contribution >= 4 is 23.7 Å². The van der Waals surface area contributed by atoms with Gasteiger partial charge in [0.25, 0.3) is 0 Å². The number of carbonyl (C=O) groups is 1. The monoisotopic (exact) mass is 295 g/mol. The van der Waals surface area contributed by atoms with Crippen molar-refractivity contribution in [1.82, 2.24) is 0 Å². The Kier molecular flexibility index (Phi) is 9.23. The van der Waals surface area contributed by atoms with Gasteiger partial charge < -0.3 is 10.6 Å². The number of anilines is 1. The van der Waals surface area contributed by atoms with Crippen LogP contribution in [0.4, 0.5) is 5.69 Å². The number of hydrogen-bond donors (Lipinski definition) is 1. The van der Waals surface area contributed by atoms with E-state index in [9.17, 15) is 0 Å². The van der Waals surface area contributed by atoms with E-state index < -0.39 is 0 Å². The number of hydrogen-bond acceptors (Lipinski definition) is 3. The van der Waals surface area contributed by atoms with E-state index in [1.165, 1.54) is 5.69 Å². The highest BCUT2D eigenvalue weighted by atomic mass is 35.5. The van der Waals surface area contributed by atoms with E-state index in [0.29, 0.717) is 10.6 Å². The highest BCUT2D eigenvalue weighted by Crippen LogP contribution is 2.35. The topological polar surface area (TPSA) is 70.1 Å². The molecule has 1 amide bonds. The maximum atomic E-state index is 8.87. The van der Waals surface area contributed by atoms with E-state index in [4.69, 9.17) is 21.7 Å². The van der Waals surface area contributed by atoms with E-state index in [1.807, 2.05) is 26.0 Å². The maximum absolute atomic E-state index is 8.87. The van der Waals surface area contributed by atoms with Crippen molar-refractivity contribution in [3.63, 3.8) is 0 Å². The lowest BCUT2D eigenvalue weighted by atomic mass is 10.1. The molecule has 0 atom stereocenters. The summed E-state index contributed by atoms with van der Waals surface area (Å²) in [6, 6.07) is 5.95. The van der Waals surface area contributed by atoms with Crippen LogP contribution in [0.2, 0.25) is 5.02 Å². The first-order chi connectivity index (χ1) is 9.69. The molecular formula is C15H22ClN3O. The number of rotatable bonds is 2. The van der Waals surface area contributed by atoms with Crippen LogP contribution in [0.25, 0.3) is 0 Å². The molecule has 0 aromatic heterocycles. The molecular weight excluding hydrogens is 274 g/mol. The van der Waals surface area contributed by atoms with Gasteiger partial charge in [0, 0.05) is 18.8 Å². The molecule has 1 heterocycles. The normalized spacial score (nSPS) is 11.2. The molecule has 0 aliphatic carbocycles. The molecule has 0 unspecified atom stereocenters. The second kappa shape index (κ2) is 10.1. The molecule has 2 rings (SSSR count). The Morgan fingerprint density at radius 3 is 2.60 bits per heavy atom. The average molecular weight is 296 g/mol. The van der Waals surface area contributed by atoms with Crippen molar-refractivity contribution in [2.24, 2.45) is 5.73 Å². The zero-order valence-electron chi connectivity index (χ0n) is 12.3. The van der Waals surface area contributed by atoms with Gasteiger partial charge in [0.1, 0.15) is 6.07 Å². The van der Waals surface area contributed by atoms with Crippen LogP contribution in [0.15, 0.2) is 12.1 Å². The van der Waals surface area contributed by atoms with Crippen LogP contribution in [-0.2, 0) is 11.2 Å². The Hall–Kier alpha value is -1.73. The molecule has 20 heavy (non-hydrogen) atoms. The first kappa shape index (κ1) is 18.3. The molecule has 1 aliphatic rings. The maximum Gasteiger partial charge on any atom is 0.204 e. The van der Waals surface area contributed by atoms with E-state index in [1.54, 1.807) is 0 Å². The zero-order chi connectivity index (χ0) is 15.5. The summed E-state index contributed by atoms with van der Waals surface area (Å²) in [6.45, 7) is 8.26. The van der Waals surface area contributed by atoms with Gasteiger partial charge in [-0.1, -0.05) is 32.4 Å². The molecule has 0 saturated heterocycles. The third kappa shape index (κ3) is 4.43. The first-order valence-corrected chi connectivity index (χ1v) is 7.19. The molecule has 1 aromatic rings. The predicted molar refractivity (Wildman–Crippen MR) is 84.0 cm³/mol. The number of nitrogens with two attached hydrogens (primary N) is 1. The third-order valence-electron chi connectivity index (χ3n) is 2.80. The summed E-state index contributed by atoms with van der Waals surface area (Å²) in [5.74, 6) is 0. The van der Waals surface area contributed by atoms with E-state index >= 15 is 0 Å². The molecule has 0 spiro atoms. The molecule has 0 bridgehead atoms. The van der Waals surface area contributed by atoms with Crippen LogP contribution in [0, 0.1) is 11.3 Å². The van der Waals surface area contributed by atoms with E-state index in [-0.39, 0.29) is 6.41 Å². The highest BCUT2D eigenvalue weighted by Gasteiger charge is 2.22. The Morgan fingerprint density at radius 1 is 1.50 bits per heavy atom. The molecule has 1 aromatic carbocycles. The summed E-state index contributed by atoms with van der Waals surface area (Å²) in [4.78, 5) is 10.9. The lowest BCUT2D eigenvalue weighted by Gasteiger charge is -2.18. The molecule has 110 valence electrons. The summed E-state index contributed by atoms with van der Waals surface area (Å²) in [7, 11) is 0. The SMILES string of the molecule is CC.CCCN1CCc2c1ccc(C#N)c2Cl.NC=O. The molecule has 0 fully saturated rings. The summed E-state index contributed by atoms with van der Waals surface area (Å²) in [6.07, 6.45) is 2.35. The van der Waals surface area contributed by atoms with Crippen LogP contribution in [0.3, 0.4) is 0 Å². The minimum Gasteiger partial charge on any atom is -0.372 e. The van der Waals surface area contributed by atoms with Crippen LogP contribution in [0.5, 0.6) is 0 Å².